The van der Waals surface area contributed by atoms with E-state index in [-0.39, 0.29) is 24.0 Å². The number of imide groups is 1. The summed E-state index contributed by atoms with van der Waals surface area (Å²) in [6, 6.07) is 8.98. The van der Waals surface area contributed by atoms with Crippen LogP contribution >= 0.6 is 11.8 Å². The molecule has 0 unspecified atom stereocenters. The van der Waals surface area contributed by atoms with Crippen molar-refractivity contribution in [2.45, 2.75) is 18.5 Å². The molecule has 1 saturated heterocycles. The van der Waals surface area contributed by atoms with E-state index in [0.29, 0.717) is 29.6 Å². The average Bonchev–Trinajstić information content (AvgIpc) is 3.38. The molecule has 0 aliphatic carbocycles. The van der Waals surface area contributed by atoms with Gasteiger partial charge in [0.25, 0.3) is 5.56 Å². The van der Waals surface area contributed by atoms with Gasteiger partial charge in [0.15, 0.2) is 5.69 Å². The van der Waals surface area contributed by atoms with Crippen LogP contribution in [-0.2, 0) is 11.8 Å². The number of carbonyl (C=O) groups is 2. The second-order valence-corrected chi connectivity index (χ2v) is 7.75. The van der Waals surface area contributed by atoms with E-state index in [4.69, 9.17) is 0 Å². The average molecular weight is 428 g/mol. The van der Waals surface area contributed by atoms with Crippen molar-refractivity contribution in [3.63, 3.8) is 0 Å². The van der Waals surface area contributed by atoms with Crippen LogP contribution in [0.5, 0.6) is 0 Å². The van der Waals surface area contributed by atoms with E-state index in [9.17, 15) is 14.4 Å². The van der Waals surface area contributed by atoms with Gasteiger partial charge in [-0.1, -0.05) is 30.0 Å². The third kappa shape index (κ3) is 3.49. The lowest BCUT2D eigenvalue weighted by atomic mass is 10.3. The summed E-state index contributed by atoms with van der Waals surface area (Å²) < 4.78 is 4.77. The first-order valence-corrected chi connectivity index (χ1v) is 10.3. The molecule has 0 atom stereocenters. The van der Waals surface area contributed by atoms with E-state index in [1.165, 1.54) is 21.3 Å². The van der Waals surface area contributed by atoms with E-state index in [1.54, 1.807) is 9.36 Å². The molecule has 3 aromatic rings. The standard InChI is InChI=1S/C18H20N8O3S/c1-12-15(16(28)26(23(12)2)13-7-4-3-5-8-13)25-18(20-21-22-25)30-10-6-9-24-14(27)11-19-17(24)29/h3-5,7-8H,6,9-11H2,1-2H3,(H,19,29). The van der Waals surface area contributed by atoms with Gasteiger partial charge in [0, 0.05) is 19.3 Å². The lowest BCUT2D eigenvalue weighted by molar-refractivity contribution is -0.124. The Morgan fingerprint density at radius 1 is 1.17 bits per heavy atom. The SMILES string of the molecule is Cc1c(-n2nnnc2SCCCN2C(=O)CNC2=O)c(=O)n(-c2ccccc2)n1C. The monoisotopic (exact) mass is 428 g/mol. The van der Waals surface area contributed by atoms with Crippen molar-refractivity contribution in [3.05, 3.63) is 46.4 Å². The minimum atomic E-state index is -0.365. The zero-order chi connectivity index (χ0) is 21.3. The molecule has 1 aromatic carbocycles. The number of amides is 3. The first kappa shape index (κ1) is 19.9. The molecule has 2 aromatic heterocycles. The van der Waals surface area contributed by atoms with E-state index in [0.717, 1.165) is 11.4 Å². The number of tetrazole rings is 1. The Labute approximate surface area is 175 Å². The van der Waals surface area contributed by atoms with Crippen molar-refractivity contribution in [1.82, 2.24) is 39.8 Å². The molecule has 1 aliphatic rings. The van der Waals surface area contributed by atoms with Crippen molar-refractivity contribution in [1.29, 1.82) is 0 Å². The number of hydrogen-bond donors (Lipinski definition) is 1. The fourth-order valence-corrected chi connectivity index (χ4v) is 4.08. The van der Waals surface area contributed by atoms with Crippen LogP contribution in [0.1, 0.15) is 12.1 Å². The zero-order valence-electron chi connectivity index (χ0n) is 16.5. The van der Waals surface area contributed by atoms with Crippen LogP contribution < -0.4 is 10.9 Å². The molecule has 11 nitrogen and oxygen atoms in total. The van der Waals surface area contributed by atoms with Crippen LogP contribution in [0.4, 0.5) is 4.79 Å². The Morgan fingerprint density at radius 3 is 2.63 bits per heavy atom. The Kier molecular flexibility index (Phi) is 5.40. The summed E-state index contributed by atoms with van der Waals surface area (Å²) in [5.74, 6) is 0.354. The van der Waals surface area contributed by atoms with Crippen molar-refractivity contribution in [2.75, 3.05) is 18.8 Å². The lowest BCUT2D eigenvalue weighted by Crippen LogP contribution is -2.32. The molecule has 0 radical (unpaired) electrons. The van der Waals surface area contributed by atoms with Crippen LogP contribution in [0.2, 0.25) is 0 Å². The molecule has 1 fully saturated rings. The van der Waals surface area contributed by atoms with Crippen molar-refractivity contribution < 1.29 is 9.59 Å². The van der Waals surface area contributed by atoms with Crippen molar-refractivity contribution in [2.24, 2.45) is 7.05 Å². The number of aromatic nitrogens is 6. The smallest absolute Gasteiger partial charge is 0.324 e. The van der Waals surface area contributed by atoms with Gasteiger partial charge in [-0.2, -0.15) is 4.68 Å². The van der Waals surface area contributed by atoms with Crippen LogP contribution in [0, 0.1) is 6.92 Å². The molecule has 1 aliphatic heterocycles. The Morgan fingerprint density at radius 2 is 1.93 bits per heavy atom. The first-order valence-electron chi connectivity index (χ1n) is 9.33. The molecule has 1 N–H and O–H groups in total. The van der Waals surface area contributed by atoms with Gasteiger partial charge in [-0.05, 0) is 35.9 Å². The summed E-state index contributed by atoms with van der Waals surface area (Å²) in [5.41, 5.74) is 1.62. The molecule has 0 bridgehead atoms. The van der Waals surface area contributed by atoms with Crippen LogP contribution in [-0.4, -0.2) is 65.3 Å². The fraction of sp³-hybridized carbons (Fsp3) is 0.333. The van der Waals surface area contributed by atoms with E-state index < -0.39 is 0 Å². The van der Waals surface area contributed by atoms with E-state index >= 15 is 0 Å². The molecule has 3 amide bonds. The van der Waals surface area contributed by atoms with Gasteiger partial charge in [-0.15, -0.1) is 5.10 Å². The van der Waals surface area contributed by atoms with Gasteiger partial charge in [0.1, 0.15) is 0 Å². The minimum absolute atomic E-state index is 0.0468. The fourth-order valence-electron chi connectivity index (χ4n) is 3.28. The zero-order valence-corrected chi connectivity index (χ0v) is 17.3. The summed E-state index contributed by atoms with van der Waals surface area (Å²) in [4.78, 5) is 37.6. The van der Waals surface area contributed by atoms with Crippen LogP contribution in [0.15, 0.2) is 40.3 Å². The quantitative estimate of drug-likeness (QED) is 0.330. The summed E-state index contributed by atoms with van der Waals surface area (Å²) in [5, 5.41) is 14.7. The maximum atomic E-state index is 13.2. The largest absolute Gasteiger partial charge is 0.329 e. The highest BCUT2D eigenvalue weighted by Gasteiger charge is 2.27. The summed E-state index contributed by atoms with van der Waals surface area (Å²) >= 11 is 1.36. The highest BCUT2D eigenvalue weighted by Crippen LogP contribution is 2.20. The minimum Gasteiger partial charge on any atom is -0.329 e. The van der Waals surface area contributed by atoms with E-state index in [1.807, 2.05) is 44.3 Å². The van der Waals surface area contributed by atoms with Gasteiger partial charge in [0.2, 0.25) is 11.1 Å². The Hall–Kier alpha value is -3.41. The molecule has 0 spiro atoms. The number of para-hydroxylation sites is 1. The molecular formula is C18H20N8O3S. The number of nitrogens with one attached hydrogen (secondary N) is 1. The Bertz CT molecular complexity index is 1130. The predicted molar refractivity (Wildman–Crippen MR) is 109 cm³/mol. The molecule has 3 heterocycles. The number of hydrogen-bond acceptors (Lipinski definition) is 7. The number of thioether (sulfide) groups is 1. The molecular weight excluding hydrogens is 408 g/mol. The number of rotatable bonds is 7. The van der Waals surface area contributed by atoms with Gasteiger partial charge in [0.05, 0.1) is 17.9 Å². The van der Waals surface area contributed by atoms with Gasteiger partial charge < -0.3 is 5.32 Å². The maximum absolute atomic E-state index is 13.2. The van der Waals surface area contributed by atoms with Crippen molar-refractivity contribution in [3.8, 4) is 11.4 Å². The number of benzene rings is 1. The van der Waals surface area contributed by atoms with Crippen molar-refractivity contribution >= 4 is 23.7 Å². The number of carbonyl (C=O) groups excluding carboxylic acids is 2. The molecule has 156 valence electrons. The maximum Gasteiger partial charge on any atom is 0.324 e. The van der Waals surface area contributed by atoms with E-state index in [2.05, 4.69) is 20.8 Å². The second-order valence-electron chi connectivity index (χ2n) is 6.69. The topological polar surface area (TPSA) is 120 Å². The third-order valence-electron chi connectivity index (χ3n) is 4.87. The summed E-state index contributed by atoms with van der Waals surface area (Å²) in [6.07, 6.45) is 0.582. The normalized spacial score (nSPS) is 13.9. The Balaban J connectivity index is 1.53. The van der Waals surface area contributed by atoms with Crippen LogP contribution in [0.25, 0.3) is 11.4 Å². The van der Waals surface area contributed by atoms with Crippen LogP contribution in [0.3, 0.4) is 0 Å². The second kappa shape index (κ2) is 8.14. The van der Waals surface area contributed by atoms with Gasteiger partial charge >= 0.3 is 6.03 Å². The molecule has 0 saturated carbocycles. The number of nitrogens with zero attached hydrogens (tertiary/aromatic N) is 7. The first-order chi connectivity index (χ1) is 14.5. The summed E-state index contributed by atoms with van der Waals surface area (Å²) in [6.45, 7) is 2.21. The lowest BCUT2D eigenvalue weighted by Gasteiger charge is -2.11. The van der Waals surface area contributed by atoms with Gasteiger partial charge in [-0.3, -0.25) is 19.2 Å². The third-order valence-corrected chi connectivity index (χ3v) is 5.88. The molecule has 12 heteroatoms. The molecule has 30 heavy (non-hydrogen) atoms. The number of urea groups is 1. The molecule has 4 rings (SSSR count). The highest BCUT2D eigenvalue weighted by atomic mass is 32.2. The van der Waals surface area contributed by atoms with Gasteiger partial charge in [-0.25, -0.2) is 9.48 Å². The predicted octanol–water partition coefficient (Wildman–Crippen LogP) is 0.494. The highest BCUT2D eigenvalue weighted by molar-refractivity contribution is 7.99. The summed E-state index contributed by atoms with van der Waals surface area (Å²) in [7, 11) is 1.81.